The van der Waals surface area contributed by atoms with Crippen LogP contribution in [0.1, 0.15) is 0 Å². The fraction of sp³-hybridized carbons (Fsp3) is 0. The molecule has 0 aliphatic heterocycles. The van der Waals surface area contributed by atoms with E-state index in [4.69, 9.17) is 17.3 Å². The van der Waals surface area contributed by atoms with E-state index >= 15 is 0 Å². The third-order valence-electron chi connectivity index (χ3n) is 2.26. The Morgan fingerprint density at radius 2 is 1.75 bits per heavy atom. The van der Waals surface area contributed by atoms with Crippen LogP contribution in [0.5, 0.6) is 0 Å². The summed E-state index contributed by atoms with van der Waals surface area (Å²) in [6.45, 7) is 0. The summed E-state index contributed by atoms with van der Waals surface area (Å²) in [5.41, 5.74) is 6.55. The molecular formula is C12H8ClF2N. The summed E-state index contributed by atoms with van der Waals surface area (Å²) in [4.78, 5) is 0. The summed E-state index contributed by atoms with van der Waals surface area (Å²) in [5, 5.41) is 0.424. The highest BCUT2D eigenvalue weighted by molar-refractivity contribution is 6.31. The molecule has 2 aromatic rings. The highest BCUT2D eigenvalue weighted by atomic mass is 35.5. The number of hydrogen-bond acceptors (Lipinski definition) is 1. The van der Waals surface area contributed by atoms with Crippen LogP contribution in [-0.2, 0) is 0 Å². The molecule has 0 saturated heterocycles. The van der Waals surface area contributed by atoms with Gasteiger partial charge in [0.15, 0.2) is 11.6 Å². The molecule has 2 rings (SSSR count). The summed E-state index contributed by atoms with van der Waals surface area (Å²) >= 11 is 5.79. The van der Waals surface area contributed by atoms with Gasteiger partial charge in [0.25, 0.3) is 0 Å². The van der Waals surface area contributed by atoms with E-state index in [0.717, 1.165) is 6.07 Å². The van der Waals surface area contributed by atoms with Gasteiger partial charge in [0, 0.05) is 21.8 Å². The minimum atomic E-state index is -0.920. The number of rotatable bonds is 1. The molecule has 0 unspecified atom stereocenters. The zero-order valence-electron chi connectivity index (χ0n) is 8.18. The van der Waals surface area contributed by atoms with Gasteiger partial charge in [-0.3, -0.25) is 0 Å². The zero-order chi connectivity index (χ0) is 11.7. The molecule has 0 amide bonds. The largest absolute Gasteiger partial charge is 0.398 e. The van der Waals surface area contributed by atoms with Crippen molar-refractivity contribution in [2.24, 2.45) is 0 Å². The molecule has 0 bridgehead atoms. The van der Waals surface area contributed by atoms with Crippen LogP contribution in [-0.4, -0.2) is 0 Å². The maximum Gasteiger partial charge on any atom is 0.166 e. The van der Waals surface area contributed by atoms with Crippen molar-refractivity contribution in [2.75, 3.05) is 5.73 Å². The van der Waals surface area contributed by atoms with Crippen molar-refractivity contribution in [3.63, 3.8) is 0 Å². The Hall–Kier alpha value is -1.61. The van der Waals surface area contributed by atoms with Gasteiger partial charge < -0.3 is 5.73 Å². The molecule has 0 atom stereocenters. The Morgan fingerprint density at radius 1 is 1.00 bits per heavy atom. The Kier molecular flexibility index (Phi) is 2.79. The summed E-state index contributed by atoms with van der Waals surface area (Å²) in [5.74, 6) is -1.83. The van der Waals surface area contributed by atoms with Gasteiger partial charge in [-0.05, 0) is 24.3 Å². The first-order valence-electron chi connectivity index (χ1n) is 4.59. The van der Waals surface area contributed by atoms with Crippen LogP contribution in [0, 0.1) is 11.6 Å². The number of halogens is 3. The minimum Gasteiger partial charge on any atom is -0.398 e. The van der Waals surface area contributed by atoms with E-state index in [0.29, 0.717) is 16.3 Å². The van der Waals surface area contributed by atoms with Gasteiger partial charge in [-0.1, -0.05) is 23.7 Å². The van der Waals surface area contributed by atoms with Crippen molar-refractivity contribution < 1.29 is 8.78 Å². The maximum absolute atomic E-state index is 13.5. The van der Waals surface area contributed by atoms with Crippen LogP contribution in [0.3, 0.4) is 0 Å². The highest BCUT2D eigenvalue weighted by Crippen LogP contribution is 2.31. The lowest BCUT2D eigenvalue weighted by atomic mass is 10.0. The van der Waals surface area contributed by atoms with Crippen molar-refractivity contribution in [2.45, 2.75) is 0 Å². The van der Waals surface area contributed by atoms with Gasteiger partial charge in [-0.15, -0.1) is 0 Å². The molecule has 0 aliphatic carbocycles. The van der Waals surface area contributed by atoms with Gasteiger partial charge in [0.1, 0.15) is 0 Å². The molecule has 1 nitrogen and oxygen atoms in total. The molecule has 82 valence electrons. The molecule has 0 heterocycles. The average Bonchev–Trinajstić information content (AvgIpc) is 2.26. The molecule has 0 spiro atoms. The lowest BCUT2D eigenvalue weighted by molar-refractivity contribution is 0.511. The van der Waals surface area contributed by atoms with E-state index in [1.807, 2.05) is 0 Å². The van der Waals surface area contributed by atoms with Crippen molar-refractivity contribution in [1.29, 1.82) is 0 Å². The van der Waals surface area contributed by atoms with E-state index in [1.165, 1.54) is 18.2 Å². The molecule has 0 radical (unpaired) electrons. The number of benzene rings is 2. The van der Waals surface area contributed by atoms with Gasteiger partial charge in [0.05, 0.1) is 0 Å². The number of nitrogens with two attached hydrogens (primary N) is 1. The van der Waals surface area contributed by atoms with E-state index in [2.05, 4.69) is 0 Å². The molecule has 2 aromatic carbocycles. The second kappa shape index (κ2) is 4.10. The SMILES string of the molecule is Nc1ccc(Cl)cc1-c1cccc(F)c1F. The van der Waals surface area contributed by atoms with Crippen molar-refractivity contribution in [3.8, 4) is 11.1 Å². The van der Waals surface area contributed by atoms with E-state index in [1.54, 1.807) is 12.1 Å². The molecular weight excluding hydrogens is 232 g/mol. The molecule has 2 N–H and O–H groups in total. The van der Waals surface area contributed by atoms with Gasteiger partial charge >= 0.3 is 0 Å². The molecule has 4 heteroatoms. The number of anilines is 1. The zero-order valence-corrected chi connectivity index (χ0v) is 8.93. The topological polar surface area (TPSA) is 26.0 Å². The van der Waals surface area contributed by atoms with Gasteiger partial charge in [-0.2, -0.15) is 0 Å². The van der Waals surface area contributed by atoms with E-state index < -0.39 is 11.6 Å². The summed E-state index contributed by atoms with van der Waals surface area (Å²) < 4.78 is 26.6. The Labute approximate surface area is 96.5 Å². The maximum atomic E-state index is 13.5. The second-order valence-electron chi connectivity index (χ2n) is 3.33. The first-order chi connectivity index (χ1) is 7.59. The van der Waals surface area contributed by atoms with E-state index in [-0.39, 0.29) is 5.56 Å². The predicted molar refractivity (Wildman–Crippen MR) is 61.2 cm³/mol. The van der Waals surface area contributed by atoms with Crippen LogP contribution in [0.15, 0.2) is 36.4 Å². The molecule has 0 saturated carbocycles. The molecule has 0 fully saturated rings. The van der Waals surface area contributed by atoms with Crippen molar-refractivity contribution in [3.05, 3.63) is 53.1 Å². The predicted octanol–water partition coefficient (Wildman–Crippen LogP) is 3.87. The monoisotopic (exact) mass is 239 g/mol. The summed E-state index contributed by atoms with van der Waals surface area (Å²) in [6.07, 6.45) is 0. The van der Waals surface area contributed by atoms with Crippen molar-refractivity contribution >= 4 is 17.3 Å². The van der Waals surface area contributed by atoms with Crippen LogP contribution in [0.25, 0.3) is 11.1 Å². The first kappa shape index (κ1) is 10.9. The quantitative estimate of drug-likeness (QED) is 0.751. The Morgan fingerprint density at radius 3 is 2.50 bits per heavy atom. The lowest BCUT2D eigenvalue weighted by Gasteiger charge is -2.07. The minimum absolute atomic E-state index is 0.111. The summed E-state index contributed by atoms with van der Waals surface area (Å²) in [7, 11) is 0. The van der Waals surface area contributed by atoms with E-state index in [9.17, 15) is 8.78 Å². The molecule has 16 heavy (non-hydrogen) atoms. The highest BCUT2D eigenvalue weighted by Gasteiger charge is 2.12. The van der Waals surface area contributed by atoms with Gasteiger partial charge in [0.2, 0.25) is 0 Å². The fourth-order valence-corrected chi connectivity index (χ4v) is 1.65. The Balaban J connectivity index is 2.67. The van der Waals surface area contributed by atoms with Crippen LogP contribution in [0.2, 0.25) is 5.02 Å². The van der Waals surface area contributed by atoms with Crippen LogP contribution in [0.4, 0.5) is 14.5 Å². The third-order valence-corrected chi connectivity index (χ3v) is 2.49. The Bertz CT molecular complexity index is 541. The van der Waals surface area contributed by atoms with Crippen LogP contribution < -0.4 is 5.73 Å². The first-order valence-corrected chi connectivity index (χ1v) is 4.97. The lowest BCUT2D eigenvalue weighted by Crippen LogP contribution is -1.94. The molecule has 0 aliphatic rings. The number of nitrogen functional groups attached to an aromatic ring is 1. The molecule has 0 aromatic heterocycles. The van der Waals surface area contributed by atoms with Gasteiger partial charge in [-0.25, -0.2) is 8.78 Å². The summed E-state index contributed by atoms with van der Waals surface area (Å²) in [6, 6.07) is 8.60. The second-order valence-corrected chi connectivity index (χ2v) is 3.77. The standard InChI is InChI=1S/C12H8ClF2N/c13-7-4-5-11(16)9(6-7)8-2-1-3-10(14)12(8)15/h1-6H,16H2. The fourth-order valence-electron chi connectivity index (χ4n) is 1.47. The van der Waals surface area contributed by atoms with Crippen LogP contribution >= 0.6 is 11.6 Å². The average molecular weight is 240 g/mol. The third kappa shape index (κ3) is 1.86. The van der Waals surface area contributed by atoms with Crippen molar-refractivity contribution in [1.82, 2.24) is 0 Å². The number of hydrogen-bond donors (Lipinski definition) is 1. The normalized spacial score (nSPS) is 10.4. The smallest absolute Gasteiger partial charge is 0.166 e.